The lowest BCUT2D eigenvalue weighted by Crippen LogP contribution is -2.29. The molecule has 1 aromatic rings. The Labute approximate surface area is 241 Å². The van der Waals surface area contributed by atoms with Gasteiger partial charge in [0, 0.05) is 25.3 Å². The third-order valence-corrected chi connectivity index (χ3v) is 5.00. The van der Waals surface area contributed by atoms with E-state index in [-0.39, 0.29) is 36.6 Å². The van der Waals surface area contributed by atoms with Gasteiger partial charge in [0.15, 0.2) is 0 Å². The second-order valence-corrected chi connectivity index (χ2v) is 7.95. The minimum absolute atomic E-state index is 0.00650. The third kappa shape index (κ3) is 18.8. The molecule has 2 rings (SSSR count). The molecule has 1 aliphatic rings. The van der Waals surface area contributed by atoms with Crippen LogP contribution in [0.4, 0.5) is 0 Å². The fourth-order valence-electron chi connectivity index (χ4n) is 3.13. The fraction of sp³-hybridized carbons (Fsp3) is 0.821. The van der Waals surface area contributed by atoms with Crippen molar-refractivity contribution >= 4 is 17.7 Å². The fourth-order valence-corrected chi connectivity index (χ4v) is 3.13. The van der Waals surface area contributed by atoms with E-state index in [2.05, 4.69) is 15.6 Å². The lowest BCUT2D eigenvalue weighted by atomic mass is 10.1. The molecular formula is C28H55N5O7. The van der Waals surface area contributed by atoms with Gasteiger partial charge in [-0.3, -0.25) is 19.3 Å². The first-order valence-corrected chi connectivity index (χ1v) is 14.8. The normalized spacial score (nSPS) is 14.0. The van der Waals surface area contributed by atoms with Gasteiger partial charge in [0.2, 0.25) is 17.7 Å². The molecule has 1 fully saturated rings. The molecular weight excluding hydrogens is 518 g/mol. The highest BCUT2D eigenvalue weighted by atomic mass is 16.6. The molecule has 234 valence electrons. The molecule has 2 heterocycles. The number of carbonyl (C=O) groups is 3. The molecule has 0 radical (unpaired) electrons. The number of nitrogens with one attached hydrogen (secondary N) is 1. The number of ether oxygens (including phenoxy) is 4. The van der Waals surface area contributed by atoms with Crippen molar-refractivity contribution in [2.45, 2.75) is 87.7 Å². The first kappa shape index (κ1) is 39.7. The lowest BCUT2D eigenvalue weighted by Gasteiger charge is -2.11. The standard InChI is InChI=1S/C22H37N5O7.3C2H6/c1-3-5-23-20(28)4-7-31-9-11-33-13-14-34-12-10-32-8-6-26-16-19(24-25-26)17-27-21(29)15-18(2)22(27)30;3*1-2/h16,18H,3-15,17H2,1-2H3,(H,23,28);3*1-2H3. The van der Waals surface area contributed by atoms with Crippen molar-refractivity contribution in [3.63, 3.8) is 0 Å². The Morgan fingerprint density at radius 2 is 1.43 bits per heavy atom. The van der Waals surface area contributed by atoms with Gasteiger partial charge in [-0.2, -0.15) is 0 Å². The van der Waals surface area contributed by atoms with Crippen molar-refractivity contribution in [2.24, 2.45) is 5.92 Å². The molecule has 1 atom stereocenters. The monoisotopic (exact) mass is 573 g/mol. The summed E-state index contributed by atoms with van der Waals surface area (Å²) in [7, 11) is 0. The van der Waals surface area contributed by atoms with Crippen LogP contribution in [0.5, 0.6) is 0 Å². The Balaban J connectivity index is 0. The number of rotatable bonds is 19. The average Bonchev–Trinajstić information content (AvgIpc) is 3.54. The highest BCUT2D eigenvalue weighted by Crippen LogP contribution is 2.20. The zero-order chi connectivity index (χ0) is 30.6. The summed E-state index contributed by atoms with van der Waals surface area (Å²) in [6.07, 6.45) is 3.25. The van der Waals surface area contributed by atoms with Crippen molar-refractivity contribution in [3.8, 4) is 0 Å². The van der Waals surface area contributed by atoms with Crippen LogP contribution in [0.15, 0.2) is 6.20 Å². The molecule has 0 aliphatic carbocycles. The molecule has 3 amide bonds. The minimum Gasteiger partial charge on any atom is -0.379 e. The second-order valence-electron chi connectivity index (χ2n) is 7.95. The van der Waals surface area contributed by atoms with Crippen LogP contribution in [0.3, 0.4) is 0 Å². The van der Waals surface area contributed by atoms with E-state index in [1.54, 1.807) is 17.8 Å². The van der Waals surface area contributed by atoms with Gasteiger partial charge in [0.05, 0.1) is 72.1 Å². The lowest BCUT2D eigenvalue weighted by molar-refractivity contribution is -0.140. The number of aromatic nitrogens is 3. The average molecular weight is 574 g/mol. The molecule has 1 N–H and O–H groups in total. The van der Waals surface area contributed by atoms with Crippen LogP contribution in [0.1, 0.15) is 80.3 Å². The van der Waals surface area contributed by atoms with Crippen LogP contribution in [0.25, 0.3) is 0 Å². The predicted molar refractivity (Wildman–Crippen MR) is 155 cm³/mol. The summed E-state index contributed by atoms with van der Waals surface area (Å²) >= 11 is 0. The predicted octanol–water partition coefficient (Wildman–Crippen LogP) is 3.23. The molecule has 1 aliphatic heterocycles. The number of hydrogen-bond donors (Lipinski definition) is 1. The van der Waals surface area contributed by atoms with E-state index in [1.165, 1.54) is 4.90 Å². The van der Waals surface area contributed by atoms with E-state index < -0.39 is 0 Å². The van der Waals surface area contributed by atoms with E-state index in [4.69, 9.17) is 18.9 Å². The molecule has 0 aromatic carbocycles. The van der Waals surface area contributed by atoms with Crippen molar-refractivity contribution < 1.29 is 33.3 Å². The molecule has 1 aromatic heterocycles. The van der Waals surface area contributed by atoms with Gasteiger partial charge in [-0.25, -0.2) is 4.68 Å². The summed E-state index contributed by atoms with van der Waals surface area (Å²) < 4.78 is 23.3. The number of carbonyl (C=O) groups excluding carboxylic acids is 3. The second kappa shape index (κ2) is 28.1. The number of imide groups is 1. The molecule has 1 saturated heterocycles. The number of hydrogen-bond acceptors (Lipinski definition) is 9. The van der Waals surface area contributed by atoms with Crippen molar-refractivity contribution in [1.29, 1.82) is 0 Å². The topological polar surface area (TPSA) is 134 Å². The molecule has 12 nitrogen and oxygen atoms in total. The largest absolute Gasteiger partial charge is 0.379 e. The van der Waals surface area contributed by atoms with Gasteiger partial charge in [0.1, 0.15) is 5.69 Å². The minimum atomic E-state index is -0.264. The van der Waals surface area contributed by atoms with E-state index >= 15 is 0 Å². The SMILES string of the molecule is CC.CC.CC.CCCNC(=O)CCOCCOCCOCCOCCn1cc(CN2C(=O)CC(C)C2=O)nn1. The number of nitrogens with zero attached hydrogens (tertiary/aromatic N) is 4. The Bertz CT molecular complexity index is 761. The number of amides is 3. The zero-order valence-corrected chi connectivity index (χ0v) is 26.2. The number of likely N-dealkylation sites (tertiary alicyclic amines) is 1. The van der Waals surface area contributed by atoms with Gasteiger partial charge < -0.3 is 24.3 Å². The Hall–Kier alpha value is -2.41. The molecule has 0 saturated carbocycles. The van der Waals surface area contributed by atoms with Gasteiger partial charge in [-0.1, -0.05) is 60.6 Å². The summed E-state index contributed by atoms with van der Waals surface area (Å²) in [6.45, 7) is 20.7. The zero-order valence-electron chi connectivity index (χ0n) is 26.2. The van der Waals surface area contributed by atoms with Gasteiger partial charge in [0.25, 0.3) is 0 Å². The van der Waals surface area contributed by atoms with Gasteiger partial charge in [-0.15, -0.1) is 5.10 Å². The Kier molecular flexibility index (Phi) is 27.9. The molecule has 40 heavy (non-hydrogen) atoms. The van der Waals surface area contributed by atoms with E-state index in [1.807, 2.05) is 48.5 Å². The molecule has 0 bridgehead atoms. The van der Waals surface area contributed by atoms with Gasteiger partial charge >= 0.3 is 0 Å². The van der Waals surface area contributed by atoms with Crippen LogP contribution in [-0.2, 0) is 46.4 Å². The quantitative estimate of drug-likeness (QED) is 0.195. The Morgan fingerprint density at radius 1 is 0.900 bits per heavy atom. The maximum absolute atomic E-state index is 12.0. The summed E-state index contributed by atoms with van der Waals surface area (Å²) in [5.74, 6) is -0.588. The summed E-state index contributed by atoms with van der Waals surface area (Å²) in [5.41, 5.74) is 0.571. The van der Waals surface area contributed by atoms with Crippen LogP contribution in [0, 0.1) is 5.92 Å². The van der Waals surface area contributed by atoms with E-state index in [0.29, 0.717) is 78.1 Å². The molecule has 0 spiro atoms. The van der Waals surface area contributed by atoms with Crippen molar-refractivity contribution in [3.05, 3.63) is 11.9 Å². The highest BCUT2D eigenvalue weighted by Gasteiger charge is 2.35. The van der Waals surface area contributed by atoms with Gasteiger partial charge in [-0.05, 0) is 6.42 Å². The highest BCUT2D eigenvalue weighted by molar-refractivity contribution is 6.03. The van der Waals surface area contributed by atoms with Crippen molar-refractivity contribution in [2.75, 3.05) is 59.4 Å². The maximum Gasteiger partial charge on any atom is 0.232 e. The third-order valence-electron chi connectivity index (χ3n) is 5.00. The maximum atomic E-state index is 12.0. The van der Waals surface area contributed by atoms with E-state index in [9.17, 15) is 14.4 Å². The van der Waals surface area contributed by atoms with Crippen LogP contribution in [-0.4, -0.2) is 97.0 Å². The van der Waals surface area contributed by atoms with Crippen molar-refractivity contribution in [1.82, 2.24) is 25.2 Å². The summed E-state index contributed by atoms with van der Waals surface area (Å²) in [4.78, 5) is 36.5. The summed E-state index contributed by atoms with van der Waals surface area (Å²) in [6, 6.07) is 0. The van der Waals surface area contributed by atoms with Crippen LogP contribution in [0.2, 0.25) is 0 Å². The van der Waals surface area contributed by atoms with E-state index in [0.717, 1.165) is 6.42 Å². The summed E-state index contributed by atoms with van der Waals surface area (Å²) in [5, 5.41) is 10.8. The van der Waals surface area contributed by atoms with Crippen LogP contribution >= 0.6 is 0 Å². The smallest absolute Gasteiger partial charge is 0.232 e. The first-order valence-electron chi connectivity index (χ1n) is 14.8. The Morgan fingerprint density at radius 3 is 1.93 bits per heavy atom. The molecule has 12 heteroatoms. The molecule has 1 unspecified atom stereocenters. The first-order chi connectivity index (χ1) is 19.5. The van der Waals surface area contributed by atoms with Crippen LogP contribution < -0.4 is 5.32 Å².